The molecule has 5 N–H and O–H groups in total. The van der Waals surface area contributed by atoms with Crippen molar-refractivity contribution in [1.29, 1.82) is 0 Å². The first-order valence-corrected chi connectivity index (χ1v) is 11.3. The summed E-state index contributed by atoms with van der Waals surface area (Å²) in [4.78, 5) is 29.6. The zero-order chi connectivity index (χ0) is 24.1. The van der Waals surface area contributed by atoms with E-state index >= 15 is 0 Å². The Labute approximate surface area is 199 Å². The highest BCUT2D eigenvalue weighted by Gasteiger charge is 2.24. The molecule has 2 aromatic carbocycles. The topological polar surface area (TPSA) is 125 Å². The SMILES string of the molecule is [NH2+]=C(CC(NC(=O)c1ccc(-c2ccc(C(=O)O)cc2)s1)c1ccccc1O)c1cccnc1. The lowest BCUT2D eigenvalue weighted by atomic mass is 9.97. The van der Waals surface area contributed by atoms with Crippen molar-refractivity contribution < 1.29 is 25.2 Å². The molecule has 1 atom stereocenters. The number of phenols is 1. The molecular formula is C26H22N3O4S+. The molecule has 0 bridgehead atoms. The van der Waals surface area contributed by atoms with E-state index in [1.54, 1.807) is 60.9 Å². The standard InChI is InChI=1S/C26H21N3O4S/c27-20(18-4-3-13-28-15-18)14-21(19-5-1-2-6-22(19)30)29-25(31)24-12-11-23(34-24)16-7-9-17(10-8-16)26(32)33/h1-13,15,21,27,30H,14H2,(H,29,31)(H,32,33)/p+1. The fourth-order valence-electron chi connectivity index (χ4n) is 3.53. The van der Waals surface area contributed by atoms with Gasteiger partial charge in [-0.05, 0) is 48.0 Å². The summed E-state index contributed by atoms with van der Waals surface area (Å²) in [6, 6.07) is 19.9. The van der Waals surface area contributed by atoms with Crippen LogP contribution in [-0.2, 0) is 0 Å². The number of aromatic nitrogens is 1. The number of amides is 1. The van der Waals surface area contributed by atoms with Gasteiger partial charge in [0.2, 0.25) is 0 Å². The Bertz CT molecular complexity index is 1330. The molecule has 7 nitrogen and oxygen atoms in total. The van der Waals surface area contributed by atoms with Gasteiger partial charge in [-0.2, -0.15) is 0 Å². The molecule has 1 amide bonds. The minimum atomic E-state index is -0.990. The van der Waals surface area contributed by atoms with Crippen molar-refractivity contribution >= 4 is 28.9 Å². The summed E-state index contributed by atoms with van der Waals surface area (Å²) >= 11 is 1.29. The van der Waals surface area contributed by atoms with Gasteiger partial charge >= 0.3 is 5.97 Å². The third-order valence-electron chi connectivity index (χ3n) is 5.32. The number of hydrogen-bond acceptors (Lipinski definition) is 5. The van der Waals surface area contributed by atoms with Crippen LogP contribution in [0.15, 0.2) is 85.2 Å². The zero-order valence-electron chi connectivity index (χ0n) is 18.0. The largest absolute Gasteiger partial charge is 0.508 e. The maximum atomic E-state index is 13.1. The van der Waals surface area contributed by atoms with E-state index in [0.29, 0.717) is 16.2 Å². The summed E-state index contributed by atoms with van der Waals surface area (Å²) in [5.74, 6) is -1.22. The Morgan fingerprint density at radius 2 is 1.74 bits per heavy atom. The molecule has 4 rings (SSSR count). The Kier molecular flexibility index (Phi) is 6.79. The van der Waals surface area contributed by atoms with Crippen molar-refractivity contribution in [2.75, 3.05) is 0 Å². The van der Waals surface area contributed by atoms with Crippen molar-refractivity contribution in [2.24, 2.45) is 0 Å². The number of thiophene rings is 1. The minimum Gasteiger partial charge on any atom is -0.508 e. The first-order valence-electron chi connectivity index (χ1n) is 10.5. The third kappa shape index (κ3) is 5.19. The predicted octanol–water partition coefficient (Wildman–Crippen LogP) is 3.32. The lowest BCUT2D eigenvalue weighted by Crippen LogP contribution is -2.43. The highest BCUT2D eigenvalue weighted by molar-refractivity contribution is 7.17. The smallest absolute Gasteiger partial charge is 0.335 e. The quantitative estimate of drug-likeness (QED) is 0.293. The lowest BCUT2D eigenvalue weighted by molar-refractivity contribution is -0.115. The van der Waals surface area contributed by atoms with Crippen LogP contribution >= 0.6 is 11.3 Å². The van der Waals surface area contributed by atoms with Crippen LogP contribution in [0.4, 0.5) is 0 Å². The Morgan fingerprint density at radius 1 is 0.971 bits per heavy atom. The van der Waals surface area contributed by atoms with E-state index in [0.717, 1.165) is 16.0 Å². The van der Waals surface area contributed by atoms with Crippen molar-refractivity contribution in [2.45, 2.75) is 12.5 Å². The number of aromatic hydroxyl groups is 1. The van der Waals surface area contributed by atoms with Gasteiger partial charge in [0.25, 0.3) is 5.91 Å². The molecule has 0 aliphatic rings. The van der Waals surface area contributed by atoms with E-state index in [1.165, 1.54) is 23.5 Å². The molecule has 0 radical (unpaired) electrons. The van der Waals surface area contributed by atoms with Crippen molar-refractivity contribution in [3.63, 3.8) is 0 Å². The van der Waals surface area contributed by atoms with Gasteiger partial charge in [-0.1, -0.05) is 30.3 Å². The number of nitrogens with two attached hydrogens (primary N) is 1. The number of pyridine rings is 1. The van der Waals surface area contributed by atoms with E-state index < -0.39 is 12.0 Å². The number of carboxylic acid groups (broad SMARTS) is 1. The Morgan fingerprint density at radius 3 is 2.41 bits per heavy atom. The minimum absolute atomic E-state index is 0.0668. The highest BCUT2D eigenvalue weighted by Crippen LogP contribution is 2.31. The van der Waals surface area contributed by atoms with Gasteiger partial charge in [0.05, 0.1) is 28.5 Å². The van der Waals surface area contributed by atoms with E-state index in [4.69, 9.17) is 10.5 Å². The van der Waals surface area contributed by atoms with Gasteiger partial charge in [-0.3, -0.25) is 15.2 Å². The number of carbonyl (C=O) groups excluding carboxylic acids is 1. The van der Waals surface area contributed by atoms with Crippen LogP contribution in [-0.4, -0.2) is 32.8 Å². The van der Waals surface area contributed by atoms with E-state index in [1.807, 2.05) is 12.1 Å². The number of carbonyl (C=O) groups is 2. The number of phenolic OH excluding ortho intramolecular Hbond substituents is 1. The monoisotopic (exact) mass is 472 g/mol. The first-order chi connectivity index (χ1) is 16.4. The fourth-order valence-corrected chi connectivity index (χ4v) is 4.45. The molecule has 0 aliphatic carbocycles. The van der Waals surface area contributed by atoms with Gasteiger partial charge in [0, 0.05) is 22.8 Å². The molecule has 2 heterocycles. The molecule has 0 spiro atoms. The summed E-state index contributed by atoms with van der Waals surface area (Å²) in [6.45, 7) is 0. The van der Waals surface area contributed by atoms with Gasteiger partial charge in [-0.15, -0.1) is 11.3 Å². The predicted molar refractivity (Wildman–Crippen MR) is 130 cm³/mol. The summed E-state index contributed by atoms with van der Waals surface area (Å²) in [5, 5.41) is 28.8. The van der Waals surface area contributed by atoms with Crippen LogP contribution in [0.2, 0.25) is 0 Å². The molecule has 0 aliphatic heterocycles. The maximum Gasteiger partial charge on any atom is 0.335 e. The van der Waals surface area contributed by atoms with E-state index in [-0.39, 0.29) is 23.6 Å². The van der Waals surface area contributed by atoms with Crippen LogP contribution in [0.5, 0.6) is 5.75 Å². The Balaban J connectivity index is 1.55. The molecule has 0 fully saturated rings. The summed E-state index contributed by atoms with van der Waals surface area (Å²) in [7, 11) is 0. The Hall–Kier alpha value is -4.30. The number of rotatable bonds is 8. The zero-order valence-corrected chi connectivity index (χ0v) is 18.8. The molecule has 0 saturated heterocycles. The number of nitrogens with one attached hydrogen (secondary N) is 1. The average molecular weight is 473 g/mol. The second-order valence-electron chi connectivity index (χ2n) is 7.60. The number of benzene rings is 2. The molecule has 34 heavy (non-hydrogen) atoms. The molecule has 8 heteroatoms. The second-order valence-corrected chi connectivity index (χ2v) is 8.69. The van der Waals surface area contributed by atoms with Gasteiger partial charge in [-0.25, -0.2) is 4.79 Å². The van der Waals surface area contributed by atoms with E-state index in [9.17, 15) is 14.7 Å². The molecule has 170 valence electrons. The number of para-hydroxylation sites is 1. The molecule has 2 aromatic heterocycles. The van der Waals surface area contributed by atoms with Gasteiger partial charge < -0.3 is 15.5 Å². The number of nitrogens with zero attached hydrogens (tertiary/aromatic N) is 1. The maximum absolute atomic E-state index is 13.1. The number of carboxylic acids is 1. The van der Waals surface area contributed by atoms with Crippen molar-refractivity contribution in [3.05, 3.63) is 107 Å². The lowest BCUT2D eigenvalue weighted by Gasteiger charge is -2.19. The van der Waals surface area contributed by atoms with Crippen LogP contribution in [0.3, 0.4) is 0 Å². The molecule has 0 saturated carbocycles. The first kappa shape index (κ1) is 22.9. The van der Waals surface area contributed by atoms with E-state index in [2.05, 4.69) is 10.3 Å². The molecular weight excluding hydrogens is 450 g/mol. The molecule has 1 unspecified atom stereocenters. The van der Waals surface area contributed by atoms with Crippen LogP contribution in [0, 0.1) is 0 Å². The number of hydrogen-bond donors (Lipinski definition) is 4. The summed E-state index contributed by atoms with van der Waals surface area (Å²) in [5.41, 5.74) is 2.86. The van der Waals surface area contributed by atoms with Crippen LogP contribution in [0.1, 0.15) is 43.6 Å². The average Bonchev–Trinajstić information content (AvgIpc) is 3.35. The van der Waals surface area contributed by atoms with Crippen LogP contribution < -0.4 is 10.7 Å². The van der Waals surface area contributed by atoms with Gasteiger partial charge in [0.15, 0.2) is 5.71 Å². The van der Waals surface area contributed by atoms with Gasteiger partial charge in [0.1, 0.15) is 5.75 Å². The van der Waals surface area contributed by atoms with Crippen LogP contribution in [0.25, 0.3) is 10.4 Å². The highest BCUT2D eigenvalue weighted by atomic mass is 32.1. The van der Waals surface area contributed by atoms with Crippen molar-refractivity contribution in [1.82, 2.24) is 10.3 Å². The summed E-state index contributed by atoms with van der Waals surface area (Å²) in [6.07, 6.45) is 3.59. The normalized spacial score (nSPS) is 11.5. The fraction of sp³-hybridized carbons (Fsp3) is 0.0769. The molecule has 4 aromatic rings. The third-order valence-corrected chi connectivity index (χ3v) is 6.45. The summed E-state index contributed by atoms with van der Waals surface area (Å²) < 4.78 is 0. The number of aromatic carboxylic acids is 1. The van der Waals surface area contributed by atoms with Crippen molar-refractivity contribution in [3.8, 4) is 16.2 Å². The second kappa shape index (κ2) is 10.1.